The predicted octanol–water partition coefficient (Wildman–Crippen LogP) is 4.07. The number of hydrogen-bond donors (Lipinski definition) is 2. The summed E-state index contributed by atoms with van der Waals surface area (Å²) in [5.74, 6) is 0.359. The number of benzene rings is 2. The van der Waals surface area contributed by atoms with Crippen LogP contribution in [-0.2, 0) is 6.54 Å². The molecule has 144 valence electrons. The van der Waals surface area contributed by atoms with Crippen molar-refractivity contribution < 1.29 is 4.79 Å². The molecule has 0 bridgehead atoms. The monoisotopic (exact) mass is 383 g/mol. The van der Waals surface area contributed by atoms with Gasteiger partial charge < -0.3 is 5.32 Å². The number of carbonyl (C=O) groups is 1. The Kier molecular flexibility index (Phi) is 4.44. The average molecular weight is 383 g/mol. The molecule has 5 rings (SSSR count). The fraction of sp³-hybridized carbons (Fsp3) is 0.174. The Morgan fingerprint density at radius 1 is 1.07 bits per heavy atom. The summed E-state index contributed by atoms with van der Waals surface area (Å²) in [5.41, 5.74) is 5.29. The average Bonchev–Trinajstić information content (AvgIpc) is 3.35. The van der Waals surface area contributed by atoms with Crippen LogP contribution in [0.1, 0.15) is 40.5 Å². The number of hydrogen-bond acceptors (Lipinski definition) is 3. The van der Waals surface area contributed by atoms with E-state index in [2.05, 4.69) is 15.5 Å². The first-order valence-corrected chi connectivity index (χ1v) is 9.81. The Hall–Kier alpha value is -3.67. The number of carbonyl (C=O) groups excluding carboxylic acids is 1. The molecule has 0 spiro atoms. The van der Waals surface area contributed by atoms with Crippen LogP contribution in [0, 0.1) is 0 Å². The van der Waals surface area contributed by atoms with Crippen molar-refractivity contribution in [1.82, 2.24) is 25.3 Å². The van der Waals surface area contributed by atoms with Gasteiger partial charge in [-0.1, -0.05) is 48.5 Å². The molecule has 0 unspecified atom stereocenters. The summed E-state index contributed by atoms with van der Waals surface area (Å²) >= 11 is 0. The van der Waals surface area contributed by atoms with E-state index in [1.165, 1.54) is 12.8 Å². The molecule has 2 aromatic heterocycles. The van der Waals surface area contributed by atoms with Gasteiger partial charge in [0.05, 0.1) is 11.4 Å². The van der Waals surface area contributed by atoms with E-state index in [4.69, 9.17) is 5.10 Å². The van der Waals surface area contributed by atoms with Crippen LogP contribution in [-0.4, -0.2) is 25.9 Å². The maximum atomic E-state index is 12.6. The summed E-state index contributed by atoms with van der Waals surface area (Å²) in [6.45, 7) is 0.377. The normalized spacial score (nSPS) is 13.4. The van der Waals surface area contributed by atoms with Gasteiger partial charge in [0.15, 0.2) is 0 Å². The Morgan fingerprint density at radius 2 is 1.79 bits per heavy atom. The van der Waals surface area contributed by atoms with Crippen LogP contribution in [0.15, 0.2) is 72.9 Å². The lowest BCUT2D eigenvalue weighted by molar-refractivity contribution is 0.0946. The Labute approximate surface area is 168 Å². The number of para-hydroxylation sites is 1. The van der Waals surface area contributed by atoms with Gasteiger partial charge >= 0.3 is 0 Å². The van der Waals surface area contributed by atoms with Crippen molar-refractivity contribution in [2.45, 2.75) is 25.3 Å². The molecule has 0 radical (unpaired) electrons. The van der Waals surface area contributed by atoms with E-state index in [9.17, 15) is 4.79 Å². The zero-order valence-electron chi connectivity index (χ0n) is 15.9. The molecule has 1 saturated carbocycles. The van der Waals surface area contributed by atoms with Gasteiger partial charge in [-0.05, 0) is 31.0 Å². The van der Waals surface area contributed by atoms with Gasteiger partial charge in [-0.15, -0.1) is 0 Å². The van der Waals surface area contributed by atoms with Crippen molar-refractivity contribution in [1.29, 1.82) is 0 Å². The third kappa shape index (κ3) is 3.69. The van der Waals surface area contributed by atoms with E-state index in [1.807, 2.05) is 77.6 Å². The molecule has 4 aromatic rings. The molecule has 1 amide bonds. The minimum absolute atomic E-state index is 0.181. The van der Waals surface area contributed by atoms with Gasteiger partial charge in [-0.2, -0.15) is 10.2 Å². The predicted molar refractivity (Wildman–Crippen MR) is 111 cm³/mol. The van der Waals surface area contributed by atoms with Gasteiger partial charge in [0.2, 0.25) is 0 Å². The van der Waals surface area contributed by atoms with Gasteiger partial charge in [-0.25, -0.2) is 4.68 Å². The lowest BCUT2D eigenvalue weighted by Crippen LogP contribution is -2.23. The first-order valence-electron chi connectivity index (χ1n) is 9.81. The van der Waals surface area contributed by atoms with Crippen LogP contribution in [0.25, 0.3) is 16.9 Å². The third-order valence-corrected chi connectivity index (χ3v) is 5.14. The second-order valence-corrected chi connectivity index (χ2v) is 7.31. The van der Waals surface area contributed by atoms with Crippen molar-refractivity contribution in [3.63, 3.8) is 0 Å². The summed E-state index contributed by atoms with van der Waals surface area (Å²) in [6, 6.07) is 21.8. The number of nitrogens with one attached hydrogen (secondary N) is 2. The first kappa shape index (κ1) is 17.4. The van der Waals surface area contributed by atoms with Crippen LogP contribution in [0.2, 0.25) is 0 Å². The van der Waals surface area contributed by atoms with E-state index in [-0.39, 0.29) is 5.91 Å². The lowest BCUT2D eigenvalue weighted by atomic mass is 10.1. The molecule has 1 aliphatic rings. The molecule has 2 heterocycles. The van der Waals surface area contributed by atoms with Crippen molar-refractivity contribution in [2.24, 2.45) is 0 Å². The molecule has 0 atom stereocenters. The van der Waals surface area contributed by atoms with E-state index in [0.717, 1.165) is 28.2 Å². The van der Waals surface area contributed by atoms with Crippen LogP contribution >= 0.6 is 0 Å². The van der Waals surface area contributed by atoms with Gasteiger partial charge in [0.25, 0.3) is 5.91 Å². The molecule has 2 aromatic carbocycles. The maximum absolute atomic E-state index is 12.6. The summed E-state index contributed by atoms with van der Waals surface area (Å²) in [6.07, 6.45) is 4.31. The van der Waals surface area contributed by atoms with Gasteiger partial charge in [0.1, 0.15) is 5.69 Å². The SMILES string of the molecule is O=C(NCc1cn(-c2ccccc2)nc1-c1ccccc1)c1cc(C2CC2)[nH]n1. The summed E-state index contributed by atoms with van der Waals surface area (Å²) in [5, 5.41) is 14.9. The minimum Gasteiger partial charge on any atom is -0.346 e. The lowest BCUT2D eigenvalue weighted by Gasteiger charge is -2.04. The zero-order chi connectivity index (χ0) is 19.6. The molecule has 29 heavy (non-hydrogen) atoms. The zero-order valence-corrected chi connectivity index (χ0v) is 15.9. The van der Waals surface area contributed by atoms with E-state index < -0.39 is 0 Å². The highest BCUT2D eigenvalue weighted by Gasteiger charge is 2.26. The Morgan fingerprint density at radius 3 is 2.52 bits per heavy atom. The second-order valence-electron chi connectivity index (χ2n) is 7.31. The molecular weight excluding hydrogens is 362 g/mol. The van der Waals surface area contributed by atoms with Crippen LogP contribution in [0.5, 0.6) is 0 Å². The topological polar surface area (TPSA) is 75.6 Å². The molecule has 0 saturated heterocycles. The smallest absolute Gasteiger partial charge is 0.272 e. The van der Waals surface area contributed by atoms with E-state index in [0.29, 0.717) is 18.2 Å². The summed E-state index contributed by atoms with van der Waals surface area (Å²) < 4.78 is 1.85. The standard InChI is InChI=1S/C23H21N5O/c29-23(21-13-20(25-26-21)16-11-12-16)24-14-18-15-28(19-9-5-2-6-10-19)27-22(18)17-7-3-1-4-8-17/h1-10,13,15-16H,11-12,14H2,(H,24,29)(H,25,26). The maximum Gasteiger partial charge on any atom is 0.272 e. The highest BCUT2D eigenvalue weighted by atomic mass is 16.1. The number of aromatic amines is 1. The van der Waals surface area contributed by atoms with Crippen LogP contribution in [0.3, 0.4) is 0 Å². The fourth-order valence-electron chi connectivity index (χ4n) is 3.41. The molecule has 6 nitrogen and oxygen atoms in total. The number of H-pyrrole nitrogens is 1. The first-order chi connectivity index (χ1) is 14.3. The van der Waals surface area contributed by atoms with Gasteiger partial charge in [-0.3, -0.25) is 9.89 Å². The number of amides is 1. The molecule has 6 heteroatoms. The largest absolute Gasteiger partial charge is 0.346 e. The molecule has 0 aliphatic heterocycles. The molecule has 1 aliphatic carbocycles. The van der Waals surface area contributed by atoms with Gasteiger partial charge in [0, 0.05) is 35.5 Å². The summed E-state index contributed by atoms with van der Waals surface area (Å²) in [7, 11) is 0. The molecule has 1 fully saturated rings. The summed E-state index contributed by atoms with van der Waals surface area (Å²) in [4.78, 5) is 12.6. The van der Waals surface area contributed by atoms with Crippen LogP contribution < -0.4 is 5.32 Å². The number of aromatic nitrogens is 4. The third-order valence-electron chi connectivity index (χ3n) is 5.14. The fourth-order valence-corrected chi connectivity index (χ4v) is 3.41. The van der Waals surface area contributed by atoms with E-state index >= 15 is 0 Å². The quantitative estimate of drug-likeness (QED) is 0.527. The Bertz CT molecular complexity index is 1130. The highest BCUT2D eigenvalue weighted by molar-refractivity contribution is 5.92. The molecule has 2 N–H and O–H groups in total. The van der Waals surface area contributed by atoms with Crippen molar-refractivity contribution in [3.8, 4) is 16.9 Å². The van der Waals surface area contributed by atoms with Crippen molar-refractivity contribution >= 4 is 5.91 Å². The van der Waals surface area contributed by atoms with Crippen molar-refractivity contribution in [3.05, 3.63) is 89.9 Å². The van der Waals surface area contributed by atoms with Crippen molar-refractivity contribution in [2.75, 3.05) is 0 Å². The second kappa shape index (κ2) is 7.39. The number of nitrogens with zero attached hydrogens (tertiary/aromatic N) is 3. The van der Waals surface area contributed by atoms with E-state index in [1.54, 1.807) is 0 Å². The Balaban J connectivity index is 1.40. The minimum atomic E-state index is -0.181. The highest BCUT2D eigenvalue weighted by Crippen LogP contribution is 2.39. The van der Waals surface area contributed by atoms with Crippen LogP contribution in [0.4, 0.5) is 0 Å². The molecular formula is C23H21N5O. The number of rotatable bonds is 6.